The molecular weight excluding hydrogens is 125 g/mol. The first-order chi connectivity index (χ1) is 5.82. The Morgan fingerprint density at radius 1 is 2.00 bits per heavy atom. The maximum atomic E-state index is 7.12. The highest BCUT2D eigenvalue weighted by Crippen LogP contribution is 1.99. The molecule has 0 saturated heterocycles. The molecule has 1 aromatic rings. The molecule has 3 heteroatoms. The van der Waals surface area contributed by atoms with Crippen LogP contribution in [0.5, 0.6) is 0 Å². The van der Waals surface area contributed by atoms with Crippen molar-refractivity contribution in [3.63, 3.8) is 0 Å². The van der Waals surface area contributed by atoms with Crippen LogP contribution in [0.2, 0.25) is 5.15 Å². The van der Waals surface area contributed by atoms with Crippen molar-refractivity contribution in [3.05, 3.63) is 23.2 Å². The highest BCUT2D eigenvalue weighted by Gasteiger charge is 1.85. The van der Waals surface area contributed by atoms with Gasteiger partial charge in [-0.15, -0.1) is 0 Å². The molecule has 0 aliphatic rings. The summed E-state index contributed by atoms with van der Waals surface area (Å²) in [4.78, 5) is 6.72. The summed E-state index contributed by atoms with van der Waals surface area (Å²) in [7, 11) is 0. The van der Waals surface area contributed by atoms with Crippen molar-refractivity contribution in [1.29, 1.82) is 0 Å². The molecule has 0 saturated carbocycles. The van der Waals surface area contributed by atoms with Crippen molar-refractivity contribution in [2.45, 2.75) is 6.85 Å². The highest BCUT2D eigenvalue weighted by molar-refractivity contribution is 6.29. The molecule has 0 spiro atoms. The van der Waals surface area contributed by atoms with Gasteiger partial charge in [-0.25, -0.2) is 9.97 Å². The maximum absolute atomic E-state index is 7.12. The quantitative estimate of drug-likeness (QED) is 0.396. The van der Waals surface area contributed by atoms with Crippen LogP contribution in [-0.2, 0) is 0 Å². The second-order valence-corrected chi connectivity index (χ2v) is 1.43. The first-order valence-electron chi connectivity index (χ1n) is 4.33. The minimum absolute atomic E-state index is 0.314. The molecule has 0 bridgehead atoms. The molecule has 0 unspecified atom stereocenters. The Kier molecular flexibility index (Phi) is 0.511. The van der Waals surface area contributed by atoms with E-state index in [1.807, 2.05) is 0 Å². The normalized spacial score (nSPS) is 19.9. The zero-order valence-corrected chi connectivity index (χ0v) is 4.53. The Hall–Kier alpha value is -0.630. The van der Waals surface area contributed by atoms with Crippen LogP contribution < -0.4 is 0 Å². The number of nitrogens with zero attached hydrogens (tertiary/aromatic N) is 2. The fourth-order valence-corrected chi connectivity index (χ4v) is 0.395. The number of aryl methyl sites for hydroxylation is 1. The lowest BCUT2D eigenvalue weighted by atomic mass is 10.7. The molecule has 0 atom stereocenters. The van der Waals surface area contributed by atoms with Crippen LogP contribution in [0, 0.1) is 6.85 Å². The zero-order chi connectivity index (χ0) is 10.2. The topological polar surface area (TPSA) is 25.8 Å². The molecule has 0 N–H and O–H groups in total. The smallest absolute Gasteiger partial charge is 0.132 e. The molecule has 8 heavy (non-hydrogen) atoms. The van der Waals surface area contributed by atoms with Gasteiger partial charge in [-0.1, -0.05) is 11.6 Å². The molecule has 0 fully saturated rings. The number of aromatic nitrogens is 2. The molecular formula is C5H5ClN2. The van der Waals surface area contributed by atoms with Crippen molar-refractivity contribution >= 4 is 11.6 Å². The van der Waals surface area contributed by atoms with Crippen molar-refractivity contribution < 1.29 is 6.85 Å². The Balaban J connectivity index is 3.29. The third-order valence-electron chi connectivity index (χ3n) is 0.525. The van der Waals surface area contributed by atoms with Crippen molar-refractivity contribution in [2.24, 2.45) is 0 Å². The van der Waals surface area contributed by atoms with Crippen LogP contribution in [-0.4, -0.2) is 9.97 Å². The molecule has 0 aliphatic carbocycles. The Morgan fingerprint density at radius 3 is 3.50 bits per heavy atom. The third kappa shape index (κ3) is 1.17. The lowest BCUT2D eigenvalue weighted by Crippen LogP contribution is -1.83. The molecule has 0 aliphatic heterocycles. The minimum Gasteiger partial charge on any atom is -0.242 e. The van der Waals surface area contributed by atoms with Gasteiger partial charge in [0.05, 0.1) is 2.74 Å². The van der Waals surface area contributed by atoms with Gasteiger partial charge in [-0.05, 0) is 12.9 Å². The van der Waals surface area contributed by atoms with Gasteiger partial charge in [0.1, 0.15) is 11.0 Å². The van der Waals surface area contributed by atoms with E-state index in [4.69, 9.17) is 18.5 Å². The molecule has 1 rings (SSSR count). The third-order valence-corrected chi connectivity index (χ3v) is 0.704. The summed E-state index contributed by atoms with van der Waals surface area (Å²) in [6.45, 7) is -2.49. The van der Waals surface area contributed by atoms with Crippen LogP contribution in [0.25, 0.3) is 0 Å². The molecule has 1 aromatic heterocycles. The Morgan fingerprint density at radius 2 is 2.88 bits per heavy atom. The summed E-state index contributed by atoms with van der Waals surface area (Å²) in [5.74, 6) is -0.501. The van der Waals surface area contributed by atoms with E-state index in [1.165, 1.54) is 0 Å². The van der Waals surface area contributed by atoms with Gasteiger partial charge >= 0.3 is 0 Å². The number of hydrogen-bond acceptors (Lipinski definition) is 2. The average molecular weight is 135 g/mol. The van der Waals surface area contributed by atoms with Crippen LogP contribution in [0.4, 0.5) is 0 Å². The van der Waals surface area contributed by atoms with Gasteiger partial charge in [0, 0.05) is 10.3 Å². The summed E-state index contributed by atoms with van der Waals surface area (Å²) < 4.78 is 35.1. The van der Waals surface area contributed by atoms with E-state index >= 15 is 0 Å². The van der Waals surface area contributed by atoms with Gasteiger partial charge in [-0.3, -0.25) is 0 Å². The number of halogens is 1. The predicted octanol–water partition coefficient (Wildman–Crippen LogP) is 1.44. The summed E-state index contributed by atoms with van der Waals surface area (Å²) in [5, 5.41) is -0.314. The van der Waals surface area contributed by atoms with E-state index in [0.717, 1.165) is 0 Å². The average Bonchev–Trinajstić information content (AvgIpc) is 1.97. The number of rotatable bonds is 0. The molecule has 2 nitrogen and oxygen atoms in total. The van der Waals surface area contributed by atoms with E-state index < -0.39 is 18.8 Å². The lowest BCUT2D eigenvalue weighted by molar-refractivity contribution is 1.05. The van der Waals surface area contributed by atoms with Crippen LogP contribution in [0.15, 0.2) is 12.2 Å². The highest BCUT2D eigenvalue weighted by atomic mass is 35.5. The van der Waals surface area contributed by atoms with E-state index in [0.29, 0.717) is 0 Å². The minimum atomic E-state index is -2.49. The Labute approximate surface area is 59.6 Å². The summed E-state index contributed by atoms with van der Waals surface area (Å²) in [6.07, 6.45) is -0.480. The SMILES string of the molecule is [2H]c1nc([13C]([2H])([2H])[2H])nc(Cl)c1[2H]. The fourth-order valence-electron chi connectivity index (χ4n) is 0.273. The van der Waals surface area contributed by atoms with E-state index in [-0.39, 0.29) is 11.2 Å². The first kappa shape index (κ1) is 1.95. The van der Waals surface area contributed by atoms with Gasteiger partial charge in [-0.2, -0.15) is 0 Å². The van der Waals surface area contributed by atoms with Crippen LogP contribution >= 0.6 is 11.6 Å². The van der Waals surface area contributed by atoms with Crippen molar-refractivity contribution in [3.8, 4) is 0 Å². The predicted molar refractivity (Wildman–Crippen MR) is 31.8 cm³/mol. The summed E-state index contributed by atoms with van der Waals surface area (Å²) in [6, 6.07) is -0.366. The number of hydrogen-bond donors (Lipinski definition) is 0. The summed E-state index contributed by atoms with van der Waals surface area (Å²) in [5.41, 5.74) is 0. The van der Waals surface area contributed by atoms with E-state index in [9.17, 15) is 0 Å². The van der Waals surface area contributed by atoms with Gasteiger partial charge in [0.2, 0.25) is 0 Å². The lowest BCUT2D eigenvalue weighted by Gasteiger charge is -1.87. The first-order valence-corrected chi connectivity index (χ1v) is 2.21. The standard InChI is InChI=1S/C5H5ClN2/c1-4-7-3-2-5(6)8-4/h2-3H,1H3/i1+1D3,2D,3D. The van der Waals surface area contributed by atoms with Crippen LogP contribution in [0.3, 0.4) is 0 Å². The fraction of sp³-hybridized carbons (Fsp3) is 0.200. The summed E-state index contributed by atoms with van der Waals surface area (Å²) >= 11 is 5.42. The van der Waals surface area contributed by atoms with Gasteiger partial charge in [0.25, 0.3) is 0 Å². The van der Waals surface area contributed by atoms with Crippen molar-refractivity contribution in [1.82, 2.24) is 9.97 Å². The van der Waals surface area contributed by atoms with E-state index in [1.54, 1.807) is 0 Å². The Bertz CT molecular complexity index is 313. The molecule has 42 valence electrons. The van der Waals surface area contributed by atoms with Gasteiger partial charge in [0.15, 0.2) is 0 Å². The molecule has 1 heterocycles. The second-order valence-electron chi connectivity index (χ2n) is 1.07. The largest absolute Gasteiger partial charge is 0.242 e. The van der Waals surface area contributed by atoms with E-state index in [2.05, 4.69) is 9.97 Å². The van der Waals surface area contributed by atoms with Crippen molar-refractivity contribution in [2.75, 3.05) is 0 Å². The maximum Gasteiger partial charge on any atom is 0.132 e. The van der Waals surface area contributed by atoms with Gasteiger partial charge < -0.3 is 0 Å². The monoisotopic (exact) mass is 134 g/mol. The molecule has 0 radical (unpaired) electrons. The second kappa shape index (κ2) is 2.09. The van der Waals surface area contributed by atoms with Crippen LogP contribution in [0.1, 0.15) is 12.7 Å². The molecule has 0 amide bonds. The molecule has 0 aromatic carbocycles. The zero-order valence-electron chi connectivity index (χ0n) is 8.77.